The molecule has 1 aromatic carbocycles. The van der Waals surface area contributed by atoms with Gasteiger partial charge in [0.15, 0.2) is 11.5 Å². The molecule has 0 saturated heterocycles. The molecule has 1 aliphatic heterocycles. The summed E-state index contributed by atoms with van der Waals surface area (Å²) < 4.78 is 18.2. The van der Waals surface area contributed by atoms with Gasteiger partial charge in [-0.2, -0.15) is 0 Å². The highest BCUT2D eigenvalue weighted by molar-refractivity contribution is 6.04. The number of carbonyl (C=O) groups excluding carboxylic acids is 1. The van der Waals surface area contributed by atoms with Crippen LogP contribution in [0, 0.1) is 0 Å². The van der Waals surface area contributed by atoms with E-state index in [-0.39, 0.29) is 18.1 Å². The lowest BCUT2D eigenvalue weighted by Crippen LogP contribution is -2.17. The van der Waals surface area contributed by atoms with Gasteiger partial charge in [0.05, 0.1) is 25.0 Å². The lowest BCUT2D eigenvalue weighted by molar-refractivity contribution is -0.112. The number of ether oxygens (including phenoxy) is 3. The van der Waals surface area contributed by atoms with E-state index in [2.05, 4.69) is 11.4 Å². The summed E-state index contributed by atoms with van der Waals surface area (Å²) in [7, 11) is 1.67. The van der Waals surface area contributed by atoms with Gasteiger partial charge in [-0.1, -0.05) is 56.8 Å². The zero-order chi connectivity index (χ0) is 24.9. The van der Waals surface area contributed by atoms with Crippen LogP contribution in [0.15, 0.2) is 29.9 Å². The number of rotatable bonds is 5. The zero-order valence-corrected chi connectivity index (χ0v) is 22.2. The van der Waals surface area contributed by atoms with Crippen molar-refractivity contribution >= 4 is 11.6 Å². The van der Waals surface area contributed by atoms with Crippen molar-refractivity contribution in [2.75, 3.05) is 12.4 Å². The third-order valence-electron chi connectivity index (χ3n) is 5.85. The molecule has 0 unspecified atom stereocenters. The molecule has 5 heteroatoms. The van der Waals surface area contributed by atoms with Crippen molar-refractivity contribution in [3.05, 3.63) is 35.4 Å². The fourth-order valence-electron chi connectivity index (χ4n) is 4.16. The van der Waals surface area contributed by atoms with Crippen molar-refractivity contribution in [1.82, 2.24) is 0 Å². The summed E-state index contributed by atoms with van der Waals surface area (Å²) >= 11 is 0. The third-order valence-corrected chi connectivity index (χ3v) is 5.85. The maximum atomic E-state index is 13.0. The molecule has 5 nitrogen and oxygen atoms in total. The Morgan fingerprint density at radius 2 is 1.47 bits per heavy atom. The van der Waals surface area contributed by atoms with E-state index >= 15 is 0 Å². The van der Waals surface area contributed by atoms with Crippen LogP contribution in [-0.4, -0.2) is 25.2 Å². The lowest BCUT2D eigenvalue weighted by Gasteiger charge is -2.24. The molecule has 2 rings (SSSR count). The lowest BCUT2D eigenvalue weighted by atomic mass is 10.0. The molecule has 190 valence electrons. The monoisotopic (exact) mass is 471 g/mol. The normalized spacial score (nSPS) is 19.3. The molecular weight excluding hydrogens is 426 g/mol. The number of carbonyl (C=O) groups is 1. The average molecular weight is 472 g/mol. The van der Waals surface area contributed by atoms with Crippen LogP contribution in [0.25, 0.3) is 0 Å². The first kappa shape index (κ1) is 27.8. The molecule has 1 amide bonds. The highest BCUT2D eigenvalue weighted by Gasteiger charge is 2.24. The summed E-state index contributed by atoms with van der Waals surface area (Å²) in [5, 5.41) is 3.08. The van der Waals surface area contributed by atoms with Crippen LogP contribution in [0.1, 0.15) is 98.0 Å². The number of anilines is 1. The van der Waals surface area contributed by atoms with Gasteiger partial charge in [0.25, 0.3) is 5.91 Å². The Labute approximate surface area is 206 Å². The second kappa shape index (κ2) is 14.7. The van der Waals surface area contributed by atoms with E-state index in [0.29, 0.717) is 28.5 Å². The first-order valence-electron chi connectivity index (χ1n) is 13.1. The first-order chi connectivity index (χ1) is 16.3. The zero-order valence-electron chi connectivity index (χ0n) is 22.2. The number of amides is 1. The number of fused-ring (bicyclic) bond motifs is 2. The second-order valence-corrected chi connectivity index (χ2v) is 9.70. The Morgan fingerprint density at radius 3 is 2.09 bits per heavy atom. The Kier molecular flexibility index (Phi) is 12.1. The van der Waals surface area contributed by atoms with Crippen molar-refractivity contribution < 1.29 is 19.0 Å². The summed E-state index contributed by atoms with van der Waals surface area (Å²) in [6.45, 7) is 9.81. The number of hydrogen-bond acceptors (Lipinski definition) is 4. The minimum atomic E-state index is -0.150. The van der Waals surface area contributed by atoms with Gasteiger partial charge in [-0.25, -0.2) is 0 Å². The van der Waals surface area contributed by atoms with Crippen LogP contribution in [0.5, 0.6) is 17.2 Å². The fourth-order valence-corrected chi connectivity index (χ4v) is 4.16. The summed E-state index contributed by atoms with van der Waals surface area (Å²) in [5.74, 6) is 1.86. The van der Waals surface area contributed by atoms with Crippen LogP contribution in [-0.2, 0) is 11.2 Å². The maximum absolute atomic E-state index is 13.0. The van der Waals surface area contributed by atoms with Gasteiger partial charge in [0, 0.05) is 17.2 Å². The Morgan fingerprint density at radius 1 is 0.853 bits per heavy atom. The third kappa shape index (κ3) is 9.08. The summed E-state index contributed by atoms with van der Waals surface area (Å²) in [5.41, 5.74) is 2.23. The van der Waals surface area contributed by atoms with Crippen LogP contribution >= 0.6 is 0 Å². The summed E-state index contributed by atoms with van der Waals surface area (Å²) in [4.78, 5) is 13.0. The molecule has 34 heavy (non-hydrogen) atoms. The molecular formula is C29H45NO4. The van der Waals surface area contributed by atoms with Crippen molar-refractivity contribution in [2.24, 2.45) is 0 Å². The minimum absolute atomic E-state index is 0.0246. The highest BCUT2D eigenvalue weighted by Crippen LogP contribution is 2.45. The van der Waals surface area contributed by atoms with E-state index in [1.54, 1.807) is 7.11 Å². The predicted octanol–water partition coefficient (Wildman–Crippen LogP) is 7.78. The molecule has 2 bridgehead atoms. The quantitative estimate of drug-likeness (QED) is 0.476. The molecule has 0 radical (unpaired) electrons. The number of nitrogens with one attached hydrogen (secondary N) is 1. The van der Waals surface area contributed by atoms with Gasteiger partial charge in [-0.15, -0.1) is 0 Å². The largest absolute Gasteiger partial charge is 0.492 e. The SMILES string of the molecule is COc1c(OC(C)C)cc2c(OC(C)C)c1CCCCCCCCCC/C=C\C=C(/C)C(=O)N2. The van der Waals surface area contributed by atoms with Gasteiger partial charge in [0.2, 0.25) is 0 Å². The number of benzene rings is 1. The van der Waals surface area contributed by atoms with E-state index in [1.165, 1.54) is 38.5 Å². The Hall–Kier alpha value is -2.43. The second-order valence-electron chi connectivity index (χ2n) is 9.70. The van der Waals surface area contributed by atoms with Gasteiger partial charge < -0.3 is 19.5 Å². The molecule has 1 N–H and O–H groups in total. The van der Waals surface area contributed by atoms with Gasteiger partial charge in [0.1, 0.15) is 5.75 Å². The van der Waals surface area contributed by atoms with Crippen LogP contribution in [0.2, 0.25) is 0 Å². The predicted molar refractivity (Wildman–Crippen MR) is 141 cm³/mol. The van der Waals surface area contributed by atoms with Gasteiger partial charge in [-0.05, 0) is 60.3 Å². The van der Waals surface area contributed by atoms with Crippen molar-refractivity contribution in [3.63, 3.8) is 0 Å². The molecule has 0 spiro atoms. The topological polar surface area (TPSA) is 56.8 Å². The summed E-state index contributed by atoms with van der Waals surface area (Å²) in [6, 6.07) is 1.84. The van der Waals surface area contributed by atoms with Crippen LogP contribution < -0.4 is 19.5 Å². The van der Waals surface area contributed by atoms with Gasteiger partial charge >= 0.3 is 0 Å². The van der Waals surface area contributed by atoms with Crippen LogP contribution in [0.4, 0.5) is 5.69 Å². The standard InChI is InChI=1S/C29H45NO4/c1-21(2)33-26-20-25-27(34-22(3)4)24(28(26)32-6)19-17-15-13-11-9-7-8-10-12-14-16-18-23(5)29(31)30-25/h14,16,18,20-22H,7-13,15,17,19H2,1-6H3,(H,30,31)/b16-14-,23-18+. The molecule has 1 aromatic rings. The Balaban J connectivity index is 2.51. The maximum Gasteiger partial charge on any atom is 0.251 e. The van der Waals surface area contributed by atoms with Crippen LogP contribution in [0.3, 0.4) is 0 Å². The molecule has 1 heterocycles. The number of methoxy groups -OCH3 is 1. The average Bonchev–Trinajstić information content (AvgIpc) is 2.77. The van der Waals surface area contributed by atoms with E-state index < -0.39 is 0 Å². The van der Waals surface area contributed by atoms with Crippen molar-refractivity contribution in [3.8, 4) is 17.2 Å². The highest BCUT2D eigenvalue weighted by atomic mass is 16.5. The molecule has 0 fully saturated rings. The smallest absolute Gasteiger partial charge is 0.251 e. The van der Waals surface area contributed by atoms with E-state index in [4.69, 9.17) is 14.2 Å². The number of allylic oxidation sites excluding steroid dienone is 3. The minimum Gasteiger partial charge on any atom is -0.492 e. The first-order valence-corrected chi connectivity index (χ1v) is 13.1. The van der Waals surface area contributed by atoms with Gasteiger partial charge in [-0.3, -0.25) is 4.79 Å². The molecule has 0 aromatic heterocycles. The number of hydrogen-bond donors (Lipinski definition) is 1. The van der Waals surface area contributed by atoms with Crippen molar-refractivity contribution in [2.45, 2.75) is 111 Å². The van der Waals surface area contributed by atoms with E-state index in [9.17, 15) is 4.79 Å². The fraction of sp³-hybridized carbons (Fsp3) is 0.621. The summed E-state index contributed by atoms with van der Waals surface area (Å²) in [6.07, 6.45) is 17.6. The molecule has 0 aliphatic carbocycles. The van der Waals surface area contributed by atoms with E-state index in [0.717, 1.165) is 31.2 Å². The molecule has 0 saturated carbocycles. The van der Waals surface area contributed by atoms with E-state index in [1.807, 2.05) is 52.8 Å². The van der Waals surface area contributed by atoms with Crippen molar-refractivity contribution in [1.29, 1.82) is 0 Å². The molecule has 0 atom stereocenters. The Bertz CT molecular complexity index is 839. The molecule has 1 aliphatic rings.